The van der Waals surface area contributed by atoms with Gasteiger partial charge < -0.3 is 9.64 Å². The van der Waals surface area contributed by atoms with Crippen LogP contribution in [0, 0.1) is 11.8 Å². The highest BCUT2D eigenvalue weighted by Crippen LogP contribution is 2.32. The molecule has 1 saturated heterocycles. The molecule has 1 aromatic heterocycles. The lowest BCUT2D eigenvalue weighted by Gasteiger charge is -2.33. The molecule has 0 spiro atoms. The highest BCUT2D eigenvalue weighted by Gasteiger charge is 2.24. The van der Waals surface area contributed by atoms with E-state index in [1.807, 2.05) is 17.0 Å². The van der Waals surface area contributed by atoms with Gasteiger partial charge in [-0.25, -0.2) is 4.79 Å². The van der Waals surface area contributed by atoms with Crippen LogP contribution >= 0.6 is 0 Å². The van der Waals surface area contributed by atoms with Crippen LogP contribution in [0.3, 0.4) is 0 Å². The van der Waals surface area contributed by atoms with E-state index in [0.717, 1.165) is 36.7 Å². The van der Waals surface area contributed by atoms with Gasteiger partial charge in [-0.3, -0.25) is 5.32 Å². The van der Waals surface area contributed by atoms with Gasteiger partial charge in [-0.1, -0.05) is 43.5 Å². The van der Waals surface area contributed by atoms with Crippen LogP contribution in [0.2, 0.25) is 0 Å². The van der Waals surface area contributed by atoms with Crippen LogP contribution in [0.15, 0.2) is 48.2 Å². The minimum atomic E-state index is -0.123. The Labute approximate surface area is 172 Å². The third-order valence-electron chi connectivity index (χ3n) is 5.59. The van der Waals surface area contributed by atoms with Crippen molar-refractivity contribution in [2.45, 2.75) is 32.6 Å². The van der Waals surface area contributed by atoms with Crippen molar-refractivity contribution in [2.24, 2.45) is 11.8 Å². The summed E-state index contributed by atoms with van der Waals surface area (Å²) >= 11 is 0. The Bertz CT molecular complexity index is 864. The lowest BCUT2D eigenvalue weighted by Crippen LogP contribution is -2.42. The molecule has 1 aromatic carbocycles. The van der Waals surface area contributed by atoms with E-state index in [-0.39, 0.29) is 6.03 Å². The molecule has 2 aromatic rings. The number of urea groups is 1. The van der Waals surface area contributed by atoms with Gasteiger partial charge >= 0.3 is 6.03 Å². The van der Waals surface area contributed by atoms with Crippen LogP contribution in [-0.4, -0.2) is 40.8 Å². The largest absolute Gasteiger partial charge is 0.494 e. The summed E-state index contributed by atoms with van der Waals surface area (Å²) < 4.78 is 5.92. The van der Waals surface area contributed by atoms with Crippen LogP contribution in [0.4, 0.5) is 10.6 Å². The number of hydrogen-bond donors (Lipinski definition) is 1. The number of carbonyl (C=O) groups is 1. The zero-order valence-corrected chi connectivity index (χ0v) is 16.9. The van der Waals surface area contributed by atoms with Gasteiger partial charge in [0.25, 0.3) is 0 Å². The van der Waals surface area contributed by atoms with E-state index in [4.69, 9.17) is 4.74 Å². The second-order valence-corrected chi connectivity index (χ2v) is 8.01. The lowest BCUT2D eigenvalue weighted by atomic mass is 9.91. The normalized spacial score (nSPS) is 20.5. The van der Waals surface area contributed by atoms with E-state index in [2.05, 4.69) is 40.6 Å². The SMILES string of the molecule is CC1CN(C(=O)Nc2cccnn2)CCC1=Cc1cccc(OCCC2CC2)c1. The van der Waals surface area contributed by atoms with E-state index >= 15 is 0 Å². The number of ether oxygens (including phenoxy) is 1. The Morgan fingerprint density at radius 1 is 1.31 bits per heavy atom. The molecule has 1 N–H and O–H groups in total. The van der Waals surface area contributed by atoms with Crippen molar-refractivity contribution in [1.29, 1.82) is 0 Å². The number of amides is 2. The number of rotatable bonds is 6. The molecular formula is C23H28N4O2. The second kappa shape index (κ2) is 9.07. The Morgan fingerprint density at radius 3 is 2.97 bits per heavy atom. The second-order valence-electron chi connectivity index (χ2n) is 8.01. The fourth-order valence-electron chi connectivity index (χ4n) is 3.66. The fraction of sp³-hybridized carbons (Fsp3) is 0.435. The monoisotopic (exact) mass is 392 g/mol. The van der Waals surface area contributed by atoms with E-state index in [0.29, 0.717) is 24.8 Å². The molecule has 2 fully saturated rings. The van der Waals surface area contributed by atoms with Crippen LogP contribution in [0.1, 0.15) is 38.2 Å². The van der Waals surface area contributed by atoms with Crippen molar-refractivity contribution in [2.75, 3.05) is 25.0 Å². The number of hydrogen-bond acceptors (Lipinski definition) is 4. The Hall–Kier alpha value is -2.89. The van der Waals surface area contributed by atoms with Crippen LogP contribution in [0.25, 0.3) is 6.08 Å². The van der Waals surface area contributed by atoms with Gasteiger partial charge in [-0.05, 0) is 54.5 Å². The van der Waals surface area contributed by atoms with E-state index in [9.17, 15) is 4.79 Å². The van der Waals surface area contributed by atoms with Gasteiger partial charge in [0.2, 0.25) is 0 Å². The number of aromatic nitrogens is 2. The van der Waals surface area contributed by atoms with Crippen molar-refractivity contribution in [1.82, 2.24) is 15.1 Å². The molecule has 1 aliphatic heterocycles. The van der Waals surface area contributed by atoms with Gasteiger partial charge in [0.1, 0.15) is 5.75 Å². The number of anilines is 1. The Balaban J connectivity index is 1.33. The topological polar surface area (TPSA) is 67.4 Å². The maximum atomic E-state index is 12.5. The van der Waals surface area contributed by atoms with Crippen molar-refractivity contribution >= 4 is 17.9 Å². The first kappa shape index (κ1) is 19.4. The number of nitrogens with one attached hydrogen (secondary N) is 1. The summed E-state index contributed by atoms with van der Waals surface area (Å²) in [6.07, 6.45) is 8.58. The van der Waals surface area contributed by atoms with Crippen LogP contribution < -0.4 is 10.1 Å². The van der Waals surface area contributed by atoms with Crippen molar-refractivity contribution in [3.8, 4) is 5.75 Å². The molecule has 6 nitrogen and oxygen atoms in total. The summed E-state index contributed by atoms with van der Waals surface area (Å²) in [5.41, 5.74) is 2.52. The summed E-state index contributed by atoms with van der Waals surface area (Å²) in [6, 6.07) is 11.7. The average Bonchev–Trinajstić information content (AvgIpc) is 3.55. The fourth-order valence-corrected chi connectivity index (χ4v) is 3.66. The molecule has 152 valence electrons. The van der Waals surface area contributed by atoms with Gasteiger partial charge in [0, 0.05) is 19.3 Å². The third-order valence-corrected chi connectivity index (χ3v) is 5.59. The first-order valence-corrected chi connectivity index (χ1v) is 10.4. The molecule has 2 amide bonds. The number of nitrogens with zero attached hydrogens (tertiary/aromatic N) is 3. The maximum Gasteiger partial charge on any atom is 0.323 e. The highest BCUT2D eigenvalue weighted by molar-refractivity contribution is 5.88. The summed E-state index contributed by atoms with van der Waals surface area (Å²) in [7, 11) is 0. The van der Waals surface area contributed by atoms with Gasteiger partial charge in [0.15, 0.2) is 5.82 Å². The minimum Gasteiger partial charge on any atom is -0.494 e. The molecule has 1 atom stereocenters. The van der Waals surface area contributed by atoms with Crippen LogP contribution in [-0.2, 0) is 0 Å². The number of carbonyl (C=O) groups excluding carboxylic acids is 1. The number of piperidine rings is 1. The zero-order chi connectivity index (χ0) is 20.1. The van der Waals surface area contributed by atoms with E-state index in [1.165, 1.54) is 18.4 Å². The summed E-state index contributed by atoms with van der Waals surface area (Å²) in [6.45, 7) is 4.36. The third kappa shape index (κ3) is 5.56. The molecule has 1 aliphatic carbocycles. The van der Waals surface area contributed by atoms with E-state index in [1.54, 1.807) is 18.3 Å². The molecule has 1 unspecified atom stereocenters. The molecule has 1 saturated carbocycles. The standard InChI is InChI=1S/C23H28N4O2/c1-17-16-27(23(28)25-22-6-3-11-24-26-22)12-9-20(17)14-19-4-2-5-21(15-19)29-13-10-18-7-8-18/h2-6,11,14-15,17-18H,7-10,12-13,16H2,1H3,(H,25,26,28). The maximum absolute atomic E-state index is 12.5. The summed E-state index contributed by atoms with van der Waals surface area (Å²) in [5, 5.41) is 10.5. The number of likely N-dealkylation sites (tertiary alicyclic amines) is 1. The number of benzene rings is 1. The van der Waals surface area contributed by atoms with Crippen molar-refractivity contribution in [3.05, 3.63) is 53.7 Å². The van der Waals surface area contributed by atoms with Gasteiger partial charge in [-0.15, -0.1) is 5.10 Å². The summed E-state index contributed by atoms with van der Waals surface area (Å²) in [5.74, 6) is 2.60. The highest BCUT2D eigenvalue weighted by atomic mass is 16.5. The first-order valence-electron chi connectivity index (χ1n) is 10.4. The average molecular weight is 393 g/mol. The quantitative estimate of drug-likeness (QED) is 0.779. The van der Waals surface area contributed by atoms with Gasteiger partial charge in [0.05, 0.1) is 6.61 Å². The van der Waals surface area contributed by atoms with Crippen molar-refractivity contribution in [3.63, 3.8) is 0 Å². The zero-order valence-electron chi connectivity index (χ0n) is 16.9. The molecular weight excluding hydrogens is 364 g/mol. The summed E-state index contributed by atoms with van der Waals surface area (Å²) in [4.78, 5) is 14.3. The Kier molecular flexibility index (Phi) is 6.08. The first-order chi connectivity index (χ1) is 14.2. The molecule has 0 radical (unpaired) electrons. The van der Waals surface area contributed by atoms with E-state index < -0.39 is 0 Å². The lowest BCUT2D eigenvalue weighted by molar-refractivity contribution is 0.197. The van der Waals surface area contributed by atoms with Crippen LogP contribution in [0.5, 0.6) is 5.75 Å². The van der Waals surface area contributed by atoms with Crippen molar-refractivity contribution < 1.29 is 9.53 Å². The Morgan fingerprint density at radius 2 is 2.21 bits per heavy atom. The minimum absolute atomic E-state index is 0.123. The molecule has 0 bridgehead atoms. The molecule has 29 heavy (non-hydrogen) atoms. The molecule has 6 heteroatoms. The molecule has 2 heterocycles. The smallest absolute Gasteiger partial charge is 0.323 e. The predicted molar refractivity (Wildman–Crippen MR) is 114 cm³/mol. The van der Waals surface area contributed by atoms with Gasteiger partial charge in [-0.2, -0.15) is 5.10 Å². The molecule has 2 aliphatic rings. The molecule has 4 rings (SSSR count). The predicted octanol–water partition coefficient (Wildman–Crippen LogP) is 4.61.